The van der Waals surface area contributed by atoms with E-state index in [4.69, 9.17) is 15.5 Å². The number of rotatable bonds is 9. The molecular weight excluding hydrogens is 481 g/mol. The molecule has 2 atom stereocenters. The predicted molar refractivity (Wildman–Crippen MR) is 148 cm³/mol. The topological polar surface area (TPSA) is 85.4 Å². The zero-order valence-corrected chi connectivity index (χ0v) is 22.6. The van der Waals surface area contributed by atoms with Crippen LogP contribution in [0.15, 0.2) is 66.9 Å². The van der Waals surface area contributed by atoms with Crippen LogP contribution in [0.4, 0.5) is 9.18 Å². The molecule has 7 nitrogen and oxygen atoms in total. The lowest BCUT2D eigenvalue weighted by Crippen LogP contribution is -2.53. The van der Waals surface area contributed by atoms with Gasteiger partial charge in [0.15, 0.2) is 0 Å². The quantitative estimate of drug-likeness (QED) is 0.407. The standard InChI is InChI=1S/C30H40FN5O2/c1-30(2,3)27(36(20-24(31)18-32)29(37)33-25-14-16-38-17-15-25)28-34-26(23-12-8-5-9-13-23)21-35(28)19-22-10-6-4-7-11-22/h4-13,21,24-25,27H,14-20,32H2,1-3H3,(H,33,37)/t24?,27-/m0/s1. The van der Waals surface area contributed by atoms with Crippen molar-refractivity contribution in [2.24, 2.45) is 11.1 Å². The van der Waals surface area contributed by atoms with Gasteiger partial charge in [-0.3, -0.25) is 0 Å². The fraction of sp³-hybridized carbons (Fsp3) is 0.467. The van der Waals surface area contributed by atoms with Crippen LogP contribution in [0.1, 0.15) is 51.0 Å². The summed E-state index contributed by atoms with van der Waals surface area (Å²) < 4.78 is 22.5. The number of amides is 2. The van der Waals surface area contributed by atoms with Gasteiger partial charge in [-0.25, -0.2) is 14.2 Å². The number of benzene rings is 2. The zero-order chi connectivity index (χ0) is 27.1. The summed E-state index contributed by atoms with van der Waals surface area (Å²) in [6, 6.07) is 19.3. The number of hydrogen-bond acceptors (Lipinski definition) is 4. The number of carbonyl (C=O) groups is 1. The Balaban J connectivity index is 1.78. The number of carbonyl (C=O) groups excluding carboxylic acids is 1. The van der Waals surface area contributed by atoms with Crippen LogP contribution in [0, 0.1) is 5.41 Å². The summed E-state index contributed by atoms with van der Waals surface area (Å²) in [5, 5.41) is 3.14. The molecule has 4 rings (SSSR count). The first-order chi connectivity index (χ1) is 18.3. The summed E-state index contributed by atoms with van der Waals surface area (Å²) in [5.41, 5.74) is 8.15. The van der Waals surface area contributed by atoms with Crippen LogP contribution in [0.2, 0.25) is 0 Å². The van der Waals surface area contributed by atoms with Gasteiger partial charge >= 0.3 is 6.03 Å². The van der Waals surface area contributed by atoms with Gasteiger partial charge in [0.25, 0.3) is 0 Å². The van der Waals surface area contributed by atoms with Crippen molar-refractivity contribution in [1.82, 2.24) is 19.8 Å². The highest BCUT2D eigenvalue weighted by Crippen LogP contribution is 2.39. The molecule has 1 aliphatic rings. The molecule has 0 aliphatic carbocycles. The van der Waals surface area contributed by atoms with Gasteiger partial charge in [0, 0.05) is 44.1 Å². The molecule has 1 saturated heterocycles. The molecule has 0 saturated carbocycles. The van der Waals surface area contributed by atoms with Crippen molar-refractivity contribution in [3.8, 4) is 11.3 Å². The van der Waals surface area contributed by atoms with Crippen LogP contribution < -0.4 is 11.1 Å². The van der Waals surface area contributed by atoms with E-state index in [1.54, 1.807) is 4.90 Å². The Kier molecular flexibility index (Phi) is 9.17. The van der Waals surface area contributed by atoms with Crippen LogP contribution in [-0.2, 0) is 11.3 Å². The van der Waals surface area contributed by atoms with Crippen molar-refractivity contribution in [1.29, 1.82) is 0 Å². The predicted octanol–water partition coefficient (Wildman–Crippen LogP) is 5.17. The van der Waals surface area contributed by atoms with Crippen molar-refractivity contribution in [3.63, 3.8) is 0 Å². The van der Waals surface area contributed by atoms with Gasteiger partial charge in [-0.2, -0.15) is 0 Å². The van der Waals surface area contributed by atoms with E-state index < -0.39 is 17.6 Å². The Morgan fingerprint density at radius 1 is 1.13 bits per heavy atom. The second-order valence-corrected chi connectivity index (χ2v) is 11.1. The second-order valence-electron chi connectivity index (χ2n) is 11.1. The second kappa shape index (κ2) is 12.5. The summed E-state index contributed by atoms with van der Waals surface area (Å²) in [6.07, 6.45) is 2.14. The van der Waals surface area contributed by atoms with Crippen molar-refractivity contribution in [3.05, 3.63) is 78.2 Å². The monoisotopic (exact) mass is 521 g/mol. The van der Waals surface area contributed by atoms with E-state index in [0.717, 1.165) is 29.7 Å². The Morgan fingerprint density at radius 2 is 1.76 bits per heavy atom. The Morgan fingerprint density at radius 3 is 2.37 bits per heavy atom. The molecule has 0 bridgehead atoms. The van der Waals surface area contributed by atoms with E-state index in [0.29, 0.717) is 25.6 Å². The Hall–Kier alpha value is -3.23. The van der Waals surface area contributed by atoms with E-state index in [1.807, 2.05) is 54.7 Å². The Bertz CT molecular complexity index is 1160. The molecule has 0 radical (unpaired) electrons. The van der Waals surface area contributed by atoms with Gasteiger partial charge in [-0.1, -0.05) is 81.4 Å². The first kappa shape index (κ1) is 27.8. The van der Waals surface area contributed by atoms with E-state index in [1.165, 1.54) is 0 Å². The highest BCUT2D eigenvalue weighted by molar-refractivity contribution is 5.75. The van der Waals surface area contributed by atoms with Crippen LogP contribution in [-0.4, -0.2) is 59.0 Å². The smallest absolute Gasteiger partial charge is 0.318 e. The molecule has 1 aromatic heterocycles. The molecule has 38 heavy (non-hydrogen) atoms. The number of hydrogen-bond donors (Lipinski definition) is 2. The molecule has 2 heterocycles. The number of nitrogens with two attached hydrogens (primary N) is 1. The zero-order valence-electron chi connectivity index (χ0n) is 22.6. The number of aromatic nitrogens is 2. The van der Waals surface area contributed by atoms with Crippen molar-refractivity contribution in [2.45, 2.75) is 58.4 Å². The first-order valence-corrected chi connectivity index (χ1v) is 13.4. The molecule has 1 fully saturated rings. The molecule has 8 heteroatoms. The molecule has 0 spiro atoms. The van der Waals surface area contributed by atoms with E-state index in [-0.39, 0.29) is 25.2 Å². The van der Waals surface area contributed by atoms with Crippen molar-refractivity contribution in [2.75, 3.05) is 26.3 Å². The third kappa shape index (κ3) is 6.99. The number of imidazole rings is 1. The molecule has 2 amide bonds. The minimum atomic E-state index is -1.36. The van der Waals surface area contributed by atoms with Gasteiger partial charge in [0.1, 0.15) is 12.0 Å². The number of ether oxygens (including phenoxy) is 1. The largest absolute Gasteiger partial charge is 0.381 e. The van der Waals surface area contributed by atoms with Gasteiger partial charge < -0.3 is 25.3 Å². The average molecular weight is 522 g/mol. The maximum absolute atomic E-state index is 14.9. The molecule has 2 aromatic carbocycles. The number of halogens is 1. The lowest BCUT2D eigenvalue weighted by atomic mass is 9.84. The van der Waals surface area contributed by atoms with Crippen LogP contribution >= 0.6 is 0 Å². The summed E-state index contributed by atoms with van der Waals surface area (Å²) in [4.78, 5) is 20.5. The van der Waals surface area contributed by atoms with Crippen molar-refractivity contribution >= 4 is 6.03 Å². The molecule has 1 unspecified atom stereocenters. The minimum absolute atomic E-state index is 0.0146. The normalized spacial score (nSPS) is 16.1. The number of nitrogens with zero attached hydrogens (tertiary/aromatic N) is 3. The highest BCUT2D eigenvalue weighted by Gasteiger charge is 2.40. The molecular formula is C30H40FN5O2. The summed E-state index contributed by atoms with van der Waals surface area (Å²) >= 11 is 0. The lowest BCUT2D eigenvalue weighted by Gasteiger charge is -2.41. The molecule has 3 aromatic rings. The fourth-order valence-electron chi connectivity index (χ4n) is 4.99. The van der Waals surface area contributed by atoms with Gasteiger partial charge in [-0.05, 0) is 23.8 Å². The van der Waals surface area contributed by atoms with E-state index >= 15 is 0 Å². The molecule has 204 valence electrons. The van der Waals surface area contributed by atoms with Gasteiger partial charge in [-0.15, -0.1) is 0 Å². The number of nitrogens with one attached hydrogen (secondary N) is 1. The Labute approximate surface area is 225 Å². The third-order valence-corrected chi connectivity index (χ3v) is 6.91. The van der Waals surface area contributed by atoms with E-state index in [9.17, 15) is 9.18 Å². The lowest BCUT2D eigenvalue weighted by molar-refractivity contribution is 0.0659. The van der Waals surface area contributed by atoms with E-state index in [2.05, 4.69) is 42.8 Å². The maximum Gasteiger partial charge on any atom is 0.318 e. The summed E-state index contributed by atoms with van der Waals surface area (Å²) in [5.74, 6) is 0.714. The summed E-state index contributed by atoms with van der Waals surface area (Å²) in [7, 11) is 0. The summed E-state index contributed by atoms with van der Waals surface area (Å²) in [6.45, 7) is 7.68. The maximum atomic E-state index is 14.9. The van der Waals surface area contributed by atoms with Crippen LogP contribution in [0.3, 0.4) is 0 Å². The highest BCUT2D eigenvalue weighted by atomic mass is 19.1. The van der Waals surface area contributed by atoms with Crippen molar-refractivity contribution < 1.29 is 13.9 Å². The number of alkyl halides is 1. The first-order valence-electron chi connectivity index (χ1n) is 13.4. The number of urea groups is 1. The van der Waals surface area contributed by atoms with Gasteiger partial charge in [0.05, 0.1) is 18.3 Å². The van der Waals surface area contributed by atoms with Gasteiger partial charge in [0.2, 0.25) is 0 Å². The molecule has 1 aliphatic heterocycles. The van der Waals surface area contributed by atoms with Crippen LogP contribution in [0.5, 0.6) is 0 Å². The fourth-order valence-corrected chi connectivity index (χ4v) is 4.99. The SMILES string of the molecule is CC(C)(C)[C@H](c1nc(-c2ccccc2)cn1Cc1ccccc1)N(CC(F)CN)C(=O)NC1CCOCC1. The third-order valence-electron chi connectivity index (χ3n) is 6.91. The van der Waals surface area contributed by atoms with Crippen LogP contribution in [0.25, 0.3) is 11.3 Å². The molecule has 3 N–H and O–H groups in total. The minimum Gasteiger partial charge on any atom is -0.381 e. The average Bonchev–Trinajstić information content (AvgIpc) is 3.32.